The summed E-state index contributed by atoms with van der Waals surface area (Å²) in [5, 5.41) is 0. The molecule has 0 aliphatic heterocycles. The standard InChI is InChI=1S/C35H56/c1-23(21-24-22-25(31(2,3)4)17-19-27(24)32(5,6)7)26-18-20-28(33(8,9)10)30(35(14,15)16)29(26)34(11,12)13/h17-20,22-23H,21H2,1-16H3. The highest BCUT2D eigenvalue weighted by molar-refractivity contribution is 5.52. The molecule has 0 nitrogen and oxygen atoms in total. The topological polar surface area (TPSA) is 0 Å². The molecule has 1 unspecified atom stereocenters. The van der Waals surface area contributed by atoms with Crippen LogP contribution in [-0.2, 0) is 33.5 Å². The second kappa shape index (κ2) is 9.39. The summed E-state index contributed by atoms with van der Waals surface area (Å²) in [6.07, 6.45) is 1.07. The number of rotatable bonds is 3. The van der Waals surface area contributed by atoms with Crippen molar-refractivity contribution in [1.29, 1.82) is 0 Å². The molecule has 0 aromatic heterocycles. The van der Waals surface area contributed by atoms with Gasteiger partial charge in [-0.15, -0.1) is 0 Å². The largest absolute Gasteiger partial charge is 0.0582 e. The van der Waals surface area contributed by atoms with Crippen LogP contribution in [0.1, 0.15) is 156 Å². The van der Waals surface area contributed by atoms with Gasteiger partial charge in [-0.3, -0.25) is 0 Å². The molecule has 0 heteroatoms. The molecular weight excluding hydrogens is 420 g/mol. The van der Waals surface area contributed by atoms with Crippen LogP contribution in [-0.4, -0.2) is 0 Å². The first kappa shape index (κ1) is 29.7. The average molecular weight is 477 g/mol. The van der Waals surface area contributed by atoms with Crippen molar-refractivity contribution in [2.75, 3.05) is 0 Å². The Morgan fingerprint density at radius 2 is 0.971 bits per heavy atom. The minimum Gasteiger partial charge on any atom is -0.0582 e. The van der Waals surface area contributed by atoms with Crippen molar-refractivity contribution in [3.63, 3.8) is 0 Å². The van der Waals surface area contributed by atoms with Crippen LogP contribution in [0, 0.1) is 0 Å². The Morgan fingerprint density at radius 3 is 1.37 bits per heavy atom. The SMILES string of the molecule is CC(Cc1cc(C(C)(C)C)ccc1C(C)(C)C)c1ccc(C(C)(C)C)c(C(C)(C)C)c1C(C)(C)C. The number of hydrogen-bond donors (Lipinski definition) is 0. The molecule has 2 aromatic rings. The van der Waals surface area contributed by atoms with Crippen LogP contribution in [0.15, 0.2) is 30.3 Å². The Labute approximate surface area is 219 Å². The van der Waals surface area contributed by atoms with E-state index < -0.39 is 0 Å². The van der Waals surface area contributed by atoms with Crippen LogP contribution in [0.5, 0.6) is 0 Å². The lowest BCUT2D eigenvalue weighted by Gasteiger charge is -2.39. The van der Waals surface area contributed by atoms with Gasteiger partial charge in [0.1, 0.15) is 0 Å². The van der Waals surface area contributed by atoms with Gasteiger partial charge in [-0.1, -0.05) is 141 Å². The summed E-state index contributed by atoms with van der Waals surface area (Å²) < 4.78 is 0. The van der Waals surface area contributed by atoms with Gasteiger partial charge in [0.25, 0.3) is 0 Å². The molecule has 0 aliphatic carbocycles. The van der Waals surface area contributed by atoms with Gasteiger partial charge in [-0.05, 0) is 78.4 Å². The van der Waals surface area contributed by atoms with Crippen LogP contribution in [0.3, 0.4) is 0 Å². The Bertz CT molecular complexity index is 1030. The van der Waals surface area contributed by atoms with E-state index in [2.05, 4.69) is 141 Å². The summed E-state index contributed by atoms with van der Waals surface area (Å²) >= 11 is 0. The summed E-state index contributed by atoms with van der Waals surface area (Å²) in [6.45, 7) is 38.0. The van der Waals surface area contributed by atoms with E-state index >= 15 is 0 Å². The fourth-order valence-corrected chi connectivity index (χ4v) is 5.64. The monoisotopic (exact) mass is 476 g/mol. The summed E-state index contributed by atoms with van der Waals surface area (Å²) in [5.41, 5.74) is 11.1. The second-order valence-electron chi connectivity index (χ2n) is 16.2. The van der Waals surface area contributed by atoms with E-state index in [4.69, 9.17) is 0 Å². The number of benzene rings is 2. The van der Waals surface area contributed by atoms with Gasteiger partial charge in [-0.2, -0.15) is 0 Å². The second-order valence-corrected chi connectivity index (χ2v) is 16.2. The molecule has 2 rings (SSSR count). The van der Waals surface area contributed by atoms with E-state index in [-0.39, 0.29) is 27.1 Å². The summed E-state index contributed by atoms with van der Waals surface area (Å²) in [4.78, 5) is 0. The molecule has 0 aliphatic rings. The molecule has 0 N–H and O–H groups in total. The maximum absolute atomic E-state index is 2.50. The van der Waals surface area contributed by atoms with Crippen LogP contribution in [0.4, 0.5) is 0 Å². The van der Waals surface area contributed by atoms with Crippen molar-refractivity contribution < 1.29 is 0 Å². The van der Waals surface area contributed by atoms with Crippen molar-refractivity contribution in [2.45, 2.75) is 150 Å². The minimum atomic E-state index is 0.0770. The molecule has 0 radical (unpaired) electrons. The van der Waals surface area contributed by atoms with Crippen LogP contribution < -0.4 is 0 Å². The van der Waals surface area contributed by atoms with Crippen molar-refractivity contribution >= 4 is 0 Å². The quantitative estimate of drug-likeness (QED) is 0.413. The van der Waals surface area contributed by atoms with Gasteiger partial charge in [0, 0.05) is 0 Å². The highest BCUT2D eigenvalue weighted by atomic mass is 14.4. The molecule has 196 valence electrons. The van der Waals surface area contributed by atoms with Gasteiger partial charge in [0.05, 0.1) is 0 Å². The Hall–Kier alpha value is -1.56. The zero-order valence-corrected chi connectivity index (χ0v) is 26.2. The third-order valence-electron chi connectivity index (χ3n) is 7.38. The Morgan fingerprint density at radius 1 is 0.514 bits per heavy atom. The maximum Gasteiger partial charge on any atom is -0.0126 e. The molecule has 0 spiro atoms. The molecule has 35 heavy (non-hydrogen) atoms. The van der Waals surface area contributed by atoms with Crippen LogP contribution >= 0.6 is 0 Å². The molecule has 0 saturated carbocycles. The van der Waals surface area contributed by atoms with Crippen LogP contribution in [0.25, 0.3) is 0 Å². The first-order valence-corrected chi connectivity index (χ1v) is 13.8. The van der Waals surface area contributed by atoms with E-state index in [0.717, 1.165) is 6.42 Å². The summed E-state index contributed by atoms with van der Waals surface area (Å²) in [7, 11) is 0. The molecule has 0 fully saturated rings. The predicted octanol–water partition coefficient (Wildman–Crippen LogP) is 10.5. The van der Waals surface area contributed by atoms with E-state index in [0.29, 0.717) is 5.92 Å². The van der Waals surface area contributed by atoms with Gasteiger partial charge in [0.2, 0.25) is 0 Å². The van der Waals surface area contributed by atoms with Gasteiger partial charge < -0.3 is 0 Å². The van der Waals surface area contributed by atoms with Crippen molar-refractivity contribution in [3.8, 4) is 0 Å². The molecule has 1 atom stereocenters. The van der Waals surface area contributed by atoms with E-state index in [1.54, 1.807) is 11.1 Å². The zero-order chi connectivity index (χ0) is 27.4. The van der Waals surface area contributed by atoms with Gasteiger partial charge in [-0.25, -0.2) is 0 Å². The van der Waals surface area contributed by atoms with Gasteiger partial charge >= 0.3 is 0 Å². The summed E-state index contributed by atoms with van der Waals surface area (Å²) in [5.74, 6) is 0.440. The first-order valence-electron chi connectivity index (χ1n) is 13.8. The molecule has 0 amide bonds. The fraction of sp³-hybridized carbons (Fsp3) is 0.657. The van der Waals surface area contributed by atoms with E-state index in [1.807, 2.05) is 0 Å². The third kappa shape index (κ3) is 6.81. The molecule has 0 heterocycles. The molecule has 0 bridgehead atoms. The zero-order valence-electron chi connectivity index (χ0n) is 26.2. The lowest BCUT2D eigenvalue weighted by molar-refractivity contribution is 0.490. The van der Waals surface area contributed by atoms with E-state index in [9.17, 15) is 0 Å². The average Bonchev–Trinajstić information content (AvgIpc) is 2.63. The Kier molecular flexibility index (Phi) is 7.96. The highest BCUT2D eigenvalue weighted by Gasteiger charge is 2.34. The smallest absolute Gasteiger partial charge is 0.0126 e. The molecular formula is C35H56. The lowest BCUT2D eigenvalue weighted by atomic mass is 9.65. The predicted molar refractivity (Wildman–Crippen MR) is 159 cm³/mol. The Balaban J connectivity index is 2.80. The number of hydrogen-bond acceptors (Lipinski definition) is 0. The van der Waals surface area contributed by atoms with Crippen molar-refractivity contribution in [3.05, 3.63) is 69.3 Å². The van der Waals surface area contributed by atoms with Crippen molar-refractivity contribution in [2.24, 2.45) is 0 Å². The molecule has 0 saturated heterocycles. The van der Waals surface area contributed by atoms with Gasteiger partial charge in [0.15, 0.2) is 0 Å². The summed E-state index contributed by atoms with van der Waals surface area (Å²) in [6, 6.07) is 12.2. The fourth-order valence-electron chi connectivity index (χ4n) is 5.64. The van der Waals surface area contributed by atoms with Crippen LogP contribution in [0.2, 0.25) is 0 Å². The minimum absolute atomic E-state index is 0.0770. The normalized spacial score (nSPS) is 14.9. The maximum atomic E-state index is 2.50. The lowest BCUT2D eigenvalue weighted by Crippen LogP contribution is -2.30. The first-order chi connectivity index (χ1) is 15.5. The molecule has 2 aromatic carbocycles. The highest BCUT2D eigenvalue weighted by Crippen LogP contribution is 2.45. The van der Waals surface area contributed by atoms with E-state index in [1.165, 1.54) is 27.8 Å². The van der Waals surface area contributed by atoms with Crippen molar-refractivity contribution in [1.82, 2.24) is 0 Å². The third-order valence-corrected chi connectivity index (χ3v) is 7.38.